The second kappa shape index (κ2) is 7.33. The van der Waals surface area contributed by atoms with Crippen molar-refractivity contribution >= 4 is 17.3 Å². The van der Waals surface area contributed by atoms with Gasteiger partial charge in [0, 0.05) is 13.1 Å². The number of para-hydroxylation sites is 1. The van der Waals surface area contributed by atoms with E-state index in [1.54, 1.807) is 0 Å². The Balaban J connectivity index is 1.73. The topological polar surface area (TPSA) is 15.3 Å². The van der Waals surface area contributed by atoms with Gasteiger partial charge in [0.25, 0.3) is 0 Å². The molecule has 2 rings (SSSR count). The van der Waals surface area contributed by atoms with E-state index in [0.717, 1.165) is 23.8 Å². The van der Waals surface area contributed by atoms with Gasteiger partial charge in [-0.3, -0.25) is 0 Å². The highest BCUT2D eigenvalue weighted by Gasteiger charge is 2.30. The number of rotatable bonds is 6. The Hall–Kier alpha value is -0.730. The lowest BCUT2D eigenvalue weighted by atomic mass is 9.74. The SMILES string of the molecule is CCC1(CC)CCN(CCNc2ccccc2Cl)CC1. The summed E-state index contributed by atoms with van der Waals surface area (Å²) in [5.41, 5.74) is 1.66. The number of hydrogen-bond acceptors (Lipinski definition) is 2. The molecule has 0 atom stereocenters. The first-order valence-corrected chi connectivity index (χ1v) is 8.27. The maximum atomic E-state index is 6.14. The molecule has 0 amide bonds. The molecule has 0 aromatic heterocycles. The van der Waals surface area contributed by atoms with E-state index in [9.17, 15) is 0 Å². The summed E-state index contributed by atoms with van der Waals surface area (Å²) in [5.74, 6) is 0. The molecule has 0 spiro atoms. The van der Waals surface area contributed by atoms with Gasteiger partial charge < -0.3 is 10.2 Å². The number of nitrogens with one attached hydrogen (secondary N) is 1. The van der Waals surface area contributed by atoms with E-state index in [1.807, 2.05) is 24.3 Å². The maximum absolute atomic E-state index is 6.14. The number of hydrogen-bond donors (Lipinski definition) is 1. The molecule has 0 radical (unpaired) electrons. The average molecular weight is 295 g/mol. The highest BCUT2D eigenvalue weighted by Crippen LogP contribution is 2.37. The van der Waals surface area contributed by atoms with Crippen LogP contribution in [0.4, 0.5) is 5.69 Å². The molecule has 2 nitrogen and oxygen atoms in total. The molecule has 1 N–H and O–H groups in total. The molecule has 1 aliphatic heterocycles. The Labute approximate surface area is 128 Å². The van der Waals surface area contributed by atoms with Crippen molar-refractivity contribution in [2.75, 3.05) is 31.5 Å². The Bertz CT molecular complexity index is 405. The molecule has 0 saturated carbocycles. The normalized spacial score (nSPS) is 18.9. The van der Waals surface area contributed by atoms with Crippen LogP contribution in [-0.2, 0) is 0 Å². The summed E-state index contributed by atoms with van der Waals surface area (Å²) in [7, 11) is 0. The predicted molar refractivity (Wildman–Crippen MR) is 88.6 cm³/mol. The van der Waals surface area contributed by atoms with Crippen LogP contribution < -0.4 is 5.32 Å². The van der Waals surface area contributed by atoms with E-state index in [-0.39, 0.29) is 0 Å². The van der Waals surface area contributed by atoms with E-state index in [1.165, 1.54) is 38.8 Å². The van der Waals surface area contributed by atoms with Gasteiger partial charge in [-0.2, -0.15) is 0 Å². The van der Waals surface area contributed by atoms with E-state index >= 15 is 0 Å². The van der Waals surface area contributed by atoms with Gasteiger partial charge in [0.05, 0.1) is 10.7 Å². The summed E-state index contributed by atoms with van der Waals surface area (Å²) in [6.45, 7) is 9.25. The summed E-state index contributed by atoms with van der Waals surface area (Å²) < 4.78 is 0. The van der Waals surface area contributed by atoms with Crippen molar-refractivity contribution in [1.82, 2.24) is 4.90 Å². The van der Waals surface area contributed by atoms with Crippen molar-refractivity contribution in [1.29, 1.82) is 0 Å². The number of anilines is 1. The third-order valence-corrected chi connectivity index (χ3v) is 5.36. The van der Waals surface area contributed by atoms with Crippen LogP contribution in [0.3, 0.4) is 0 Å². The van der Waals surface area contributed by atoms with Gasteiger partial charge in [0.15, 0.2) is 0 Å². The molecule has 112 valence electrons. The number of halogens is 1. The number of benzene rings is 1. The highest BCUT2D eigenvalue weighted by molar-refractivity contribution is 6.33. The zero-order chi connectivity index (χ0) is 14.4. The van der Waals surface area contributed by atoms with E-state index in [4.69, 9.17) is 11.6 Å². The standard InChI is InChI=1S/C17H27ClN2/c1-3-17(4-2)9-12-20(13-10-17)14-11-19-16-8-6-5-7-15(16)18/h5-8,19H,3-4,9-14H2,1-2H3. The second-order valence-electron chi connectivity index (χ2n) is 5.96. The second-order valence-corrected chi connectivity index (χ2v) is 6.36. The highest BCUT2D eigenvalue weighted by atomic mass is 35.5. The first-order chi connectivity index (χ1) is 9.69. The lowest BCUT2D eigenvalue weighted by molar-refractivity contribution is 0.0983. The number of nitrogens with zero attached hydrogens (tertiary/aromatic N) is 1. The van der Waals surface area contributed by atoms with Crippen LogP contribution in [0.2, 0.25) is 5.02 Å². The van der Waals surface area contributed by atoms with Gasteiger partial charge in [0.2, 0.25) is 0 Å². The fraction of sp³-hybridized carbons (Fsp3) is 0.647. The number of likely N-dealkylation sites (tertiary alicyclic amines) is 1. The molecule has 20 heavy (non-hydrogen) atoms. The van der Waals surface area contributed by atoms with Crippen LogP contribution in [0.25, 0.3) is 0 Å². The molecular weight excluding hydrogens is 268 g/mol. The van der Waals surface area contributed by atoms with Crippen molar-refractivity contribution < 1.29 is 0 Å². The summed E-state index contributed by atoms with van der Waals surface area (Å²) >= 11 is 6.14. The molecule has 3 heteroatoms. The van der Waals surface area contributed by atoms with Crippen molar-refractivity contribution in [3.63, 3.8) is 0 Å². The largest absolute Gasteiger partial charge is 0.383 e. The number of piperidine rings is 1. The summed E-state index contributed by atoms with van der Waals surface area (Å²) in [6, 6.07) is 7.96. The molecule has 0 unspecified atom stereocenters. The molecule has 1 heterocycles. The van der Waals surface area contributed by atoms with Crippen LogP contribution in [0, 0.1) is 5.41 Å². The zero-order valence-electron chi connectivity index (χ0n) is 12.8. The van der Waals surface area contributed by atoms with E-state index in [0.29, 0.717) is 5.41 Å². The Morgan fingerprint density at radius 3 is 2.40 bits per heavy atom. The molecule has 1 fully saturated rings. The Morgan fingerprint density at radius 1 is 1.15 bits per heavy atom. The summed E-state index contributed by atoms with van der Waals surface area (Å²) in [4.78, 5) is 2.58. The minimum Gasteiger partial charge on any atom is -0.383 e. The van der Waals surface area contributed by atoms with Crippen LogP contribution in [0.5, 0.6) is 0 Å². The quantitative estimate of drug-likeness (QED) is 0.821. The average Bonchev–Trinajstić information content (AvgIpc) is 2.50. The van der Waals surface area contributed by atoms with Crippen molar-refractivity contribution in [2.45, 2.75) is 39.5 Å². The van der Waals surface area contributed by atoms with Gasteiger partial charge in [-0.15, -0.1) is 0 Å². The molecule has 0 aliphatic carbocycles. The minimum absolute atomic E-state index is 0.618. The van der Waals surface area contributed by atoms with E-state index < -0.39 is 0 Å². The van der Waals surface area contributed by atoms with Gasteiger partial charge in [-0.25, -0.2) is 0 Å². The Kier molecular flexibility index (Phi) is 5.74. The first kappa shape index (κ1) is 15.7. The monoisotopic (exact) mass is 294 g/mol. The lowest BCUT2D eigenvalue weighted by Gasteiger charge is -2.41. The molecule has 0 bridgehead atoms. The smallest absolute Gasteiger partial charge is 0.0637 e. The first-order valence-electron chi connectivity index (χ1n) is 7.90. The van der Waals surface area contributed by atoms with Gasteiger partial charge in [-0.05, 0) is 43.5 Å². The van der Waals surface area contributed by atoms with Crippen molar-refractivity contribution in [2.24, 2.45) is 5.41 Å². The summed E-state index contributed by atoms with van der Waals surface area (Å²) in [5, 5.41) is 4.24. The zero-order valence-corrected chi connectivity index (χ0v) is 13.5. The molecule has 1 aromatic rings. The van der Waals surface area contributed by atoms with Gasteiger partial charge in [0.1, 0.15) is 0 Å². The maximum Gasteiger partial charge on any atom is 0.0637 e. The van der Waals surface area contributed by atoms with Gasteiger partial charge in [-0.1, -0.05) is 50.4 Å². The fourth-order valence-corrected chi connectivity index (χ4v) is 3.36. The van der Waals surface area contributed by atoms with Crippen molar-refractivity contribution in [3.05, 3.63) is 29.3 Å². The van der Waals surface area contributed by atoms with Gasteiger partial charge >= 0.3 is 0 Å². The molecule has 1 aliphatic rings. The van der Waals surface area contributed by atoms with Crippen molar-refractivity contribution in [3.8, 4) is 0 Å². The Morgan fingerprint density at radius 2 is 1.80 bits per heavy atom. The van der Waals surface area contributed by atoms with Crippen LogP contribution in [0.1, 0.15) is 39.5 Å². The van der Waals surface area contributed by atoms with Crippen LogP contribution in [0.15, 0.2) is 24.3 Å². The third-order valence-electron chi connectivity index (χ3n) is 5.03. The minimum atomic E-state index is 0.618. The predicted octanol–water partition coefficient (Wildman–Crippen LogP) is 4.65. The molecule has 1 saturated heterocycles. The van der Waals surface area contributed by atoms with Crippen LogP contribution >= 0.6 is 11.6 Å². The fourth-order valence-electron chi connectivity index (χ4n) is 3.16. The molecular formula is C17H27ClN2. The summed E-state index contributed by atoms with van der Waals surface area (Å²) in [6.07, 6.45) is 5.36. The van der Waals surface area contributed by atoms with Crippen LogP contribution in [-0.4, -0.2) is 31.1 Å². The molecule has 1 aromatic carbocycles. The third kappa shape index (κ3) is 3.89. The lowest BCUT2D eigenvalue weighted by Crippen LogP contribution is -2.41. The van der Waals surface area contributed by atoms with E-state index in [2.05, 4.69) is 24.1 Å².